The number of hydrogen-bond donors (Lipinski definition) is 1. The highest BCUT2D eigenvalue weighted by atomic mass is 32.2. The van der Waals surface area contributed by atoms with Gasteiger partial charge in [0.05, 0.1) is 16.0 Å². The standard InChI is InChI=1S/C10H9N3O3S/c1-11-7-3-2-4-8(9(7)13(14)15)17-10-12-5-6-16-10/h2-6,11H,1H3. The number of oxazole rings is 1. The van der Waals surface area contributed by atoms with E-state index in [1.54, 1.807) is 25.2 Å². The van der Waals surface area contributed by atoms with Crippen molar-refractivity contribution in [1.29, 1.82) is 0 Å². The van der Waals surface area contributed by atoms with E-state index in [0.29, 0.717) is 15.8 Å². The average Bonchev–Trinajstić information content (AvgIpc) is 2.81. The summed E-state index contributed by atoms with van der Waals surface area (Å²) in [6.45, 7) is 0. The number of para-hydroxylation sites is 1. The second-order valence-corrected chi connectivity index (χ2v) is 4.05. The third-order valence-corrected chi connectivity index (χ3v) is 2.98. The van der Waals surface area contributed by atoms with E-state index in [2.05, 4.69) is 10.3 Å². The molecular weight excluding hydrogens is 242 g/mol. The van der Waals surface area contributed by atoms with Crippen LogP contribution in [0.3, 0.4) is 0 Å². The van der Waals surface area contributed by atoms with Crippen molar-refractivity contribution in [2.75, 3.05) is 12.4 Å². The maximum absolute atomic E-state index is 11.0. The van der Waals surface area contributed by atoms with E-state index in [0.717, 1.165) is 11.8 Å². The van der Waals surface area contributed by atoms with E-state index in [4.69, 9.17) is 4.42 Å². The Morgan fingerprint density at radius 2 is 2.35 bits per heavy atom. The molecule has 1 N–H and O–H groups in total. The van der Waals surface area contributed by atoms with Crippen LogP contribution >= 0.6 is 11.8 Å². The molecule has 17 heavy (non-hydrogen) atoms. The molecule has 0 radical (unpaired) electrons. The molecule has 0 fully saturated rings. The predicted molar refractivity (Wildman–Crippen MR) is 63.3 cm³/mol. The largest absolute Gasteiger partial charge is 0.440 e. The van der Waals surface area contributed by atoms with E-state index in [9.17, 15) is 10.1 Å². The highest BCUT2D eigenvalue weighted by molar-refractivity contribution is 7.99. The van der Waals surface area contributed by atoms with E-state index in [1.165, 1.54) is 12.5 Å². The Morgan fingerprint density at radius 3 is 2.94 bits per heavy atom. The molecule has 0 atom stereocenters. The Labute approximate surface area is 101 Å². The lowest BCUT2D eigenvalue weighted by Gasteiger charge is -2.05. The highest BCUT2D eigenvalue weighted by Crippen LogP contribution is 2.38. The van der Waals surface area contributed by atoms with Gasteiger partial charge in [-0.3, -0.25) is 10.1 Å². The van der Waals surface area contributed by atoms with Crippen LogP contribution in [-0.2, 0) is 0 Å². The van der Waals surface area contributed by atoms with Gasteiger partial charge in [0.2, 0.25) is 0 Å². The third kappa shape index (κ3) is 2.39. The van der Waals surface area contributed by atoms with Gasteiger partial charge in [0.1, 0.15) is 12.0 Å². The molecule has 0 saturated carbocycles. The fourth-order valence-electron chi connectivity index (χ4n) is 1.35. The number of nitro benzene ring substituents is 1. The Morgan fingerprint density at radius 1 is 1.53 bits per heavy atom. The molecule has 1 aromatic carbocycles. The first-order valence-electron chi connectivity index (χ1n) is 4.75. The first-order valence-corrected chi connectivity index (χ1v) is 5.56. The molecule has 0 aliphatic heterocycles. The van der Waals surface area contributed by atoms with Gasteiger partial charge in [-0.25, -0.2) is 4.98 Å². The zero-order valence-electron chi connectivity index (χ0n) is 8.91. The van der Waals surface area contributed by atoms with Gasteiger partial charge in [-0.05, 0) is 23.9 Å². The molecule has 0 bridgehead atoms. The SMILES string of the molecule is CNc1cccc(Sc2ncco2)c1[N+](=O)[O-]. The zero-order chi connectivity index (χ0) is 12.3. The maximum atomic E-state index is 11.0. The van der Waals surface area contributed by atoms with Gasteiger partial charge in [0.15, 0.2) is 0 Å². The topological polar surface area (TPSA) is 81.2 Å². The number of benzene rings is 1. The summed E-state index contributed by atoms with van der Waals surface area (Å²) in [5.41, 5.74) is 0.491. The Kier molecular flexibility index (Phi) is 3.29. The average molecular weight is 251 g/mol. The predicted octanol–water partition coefficient (Wildman–Crippen LogP) is 2.78. The molecule has 0 aliphatic rings. The number of nitro groups is 1. The van der Waals surface area contributed by atoms with Crippen molar-refractivity contribution >= 4 is 23.1 Å². The normalized spacial score (nSPS) is 10.2. The van der Waals surface area contributed by atoms with Gasteiger partial charge in [-0.15, -0.1) is 0 Å². The fourth-order valence-corrected chi connectivity index (χ4v) is 2.18. The minimum atomic E-state index is -0.420. The Balaban J connectivity index is 2.42. The lowest BCUT2D eigenvalue weighted by atomic mass is 10.3. The van der Waals surface area contributed by atoms with Crippen LogP contribution in [0.15, 0.2) is 45.2 Å². The molecule has 0 amide bonds. The maximum Gasteiger partial charge on any atom is 0.306 e. The molecule has 0 unspecified atom stereocenters. The van der Waals surface area contributed by atoms with Crippen LogP contribution in [0.2, 0.25) is 0 Å². The summed E-state index contributed by atoms with van der Waals surface area (Å²) < 4.78 is 5.05. The number of hydrogen-bond acceptors (Lipinski definition) is 6. The zero-order valence-corrected chi connectivity index (χ0v) is 9.73. The number of aromatic nitrogens is 1. The van der Waals surface area contributed by atoms with Gasteiger partial charge in [-0.2, -0.15) is 0 Å². The molecule has 2 aromatic rings. The van der Waals surface area contributed by atoms with E-state index in [-0.39, 0.29) is 5.69 Å². The van der Waals surface area contributed by atoms with Crippen LogP contribution in [0.25, 0.3) is 0 Å². The van der Waals surface area contributed by atoms with Crippen LogP contribution in [0, 0.1) is 10.1 Å². The smallest absolute Gasteiger partial charge is 0.306 e. The van der Waals surface area contributed by atoms with Crippen LogP contribution < -0.4 is 5.32 Å². The molecule has 0 saturated heterocycles. The van der Waals surface area contributed by atoms with Crippen LogP contribution in [0.5, 0.6) is 0 Å². The molecular formula is C10H9N3O3S. The van der Waals surface area contributed by atoms with Crippen molar-refractivity contribution in [1.82, 2.24) is 4.98 Å². The van der Waals surface area contributed by atoms with Gasteiger partial charge in [0.25, 0.3) is 5.22 Å². The summed E-state index contributed by atoms with van der Waals surface area (Å²) in [4.78, 5) is 15.0. The Bertz CT molecular complexity index is 528. The van der Waals surface area contributed by atoms with Crippen LogP contribution in [0.1, 0.15) is 0 Å². The highest BCUT2D eigenvalue weighted by Gasteiger charge is 2.20. The number of rotatable bonds is 4. The summed E-state index contributed by atoms with van der Waals surface area (Å²) in [5, 5.41) is 14.2. The lowest BCUT2D eigenvalue weighted by Crippen LogP contribution is -1.98. The van der Waals surface area contributed by atoms with Crippen molar-refractivity contribution in [3.8, 4) is 0 Å². The second kappa shape index (κ2) is 4.88. The first kappa shape index (κ1) is 11.5. The monoisotopic (exact) mass is 251 g/mol. The minimum absolute atomic E-state index is 0.0261. The van der Waals surface area contributed by atoms with Gasteiger partial charge in [-0.1, -0.05) is 6.07 Å². The summed E-state index contributed by atoms with van der Waals surface area (Å²) in [7, 11) is 1.64. The van der Waals surface area contributed by atoms with E-state index < -0.39 is 4.92 Å². The Hall–Kier alpha value is -2.02. The first-order chi connectivity index (χ1) is 8.22. The van der Waals surface area contributed by atoms with Crippen molar-refractivity contribution in [2.45, 2.75) is 10.1 Å². The molecule has 7 heteroatoms. The third-order valence-electron chi connectivity index (χ3n) is 2.06. The summed E-state index contributed by atoms with van der Waals surface area (Å²) in [6.07, 6.45) is 2.92. The van der Waals surface area contributed by atoms with Crippen molar-refractivity contribution in [3.63, 3.8) is 0 Å². The van der Waals surface area contributed by atoms with Crippen molar-refractivity contribution < 1.29 is 9.34 Å². The molecule has 0 aliphatic carbocycles. The minimum Gasteiger partial charge on any atom is -0.440 e. The summed E-state index contributed by atoms with van der Waals surface area (Å²) in [6, 6.07) is 5.05. The van der Waals surface area contributed by atoms with E-state index in [1.807, 2.05) is 0 Å². The van der Waals surface area contributed by atoms with Gasteiger partial charge >= 0.3 is 5.69 Å². The quantitative estimate of drug-likeness (QED) is 0.664. The van der Waals surface area contributed by atoms with Crippen molar-refractivity contribution in [2.24, 2.45) is 0 Å². The molecule has 1 heterocycles. The number of nitrogens with one attached hydrogen (secondary N) is 1. The van der Waals surface area contributed by atoms with Crippen molar-refractivity contribution in [3.05, 3.63) is 40.8 Å². The second-order valence-electron chi connectivity index (χ2n) is 3.06. The number of nitrogens with zero attached hydrogens (tertiary/aromatic N) is 2. The molecule has 2 rings (SSSR count). The van der Waals surface area contributed by atoms with Crippen LogP contribution in [0.4, 0.5) is 11.4 Å². The molecule has 88 valence electrons. The van der Waals surface area contributed by atoms with Gasteiger partial charge in [0, 0.05) is 7.05 Å². The summed E-state index contributed by atoms with van der Waals surface area (Å²) >= 11 is 1.12. The molecule has 0 spiro atoms. The lowest BCUT2D eigenvalue weighted by molar-refractivity contribution is -0.386. The molecule has 6 nitrogen and oxygen atoms in total. The summed E-state index contributed by atoms with van der Waals surface area (Å²) in [5.74, 6) is 0. The number of anilines is 1. The van der Waals surface area contributed by atoms with Crippen LogP contribution in [-0.4, -0.2) is 17.0 Å². The fraction of sp³-hybridized carbons (Fsp3) is 0.100. The van der Waals surface area contributed by atoms with E-state index >= 15 is 0 Å². The van der Waals surface area contributed by atoms with Gasteiger partial charge < -0.3 is 9.73 Å². The molecule has 1 aromatic heterocycles.